The van der Waals surface area contributed by atoms with Gasteiger partial charge < -0.3 is 31.1 Å². The third-order valence-electron chi connectivity index (χ3n) is 7.72. The number of para-hydroxylation sites is 1. The molecule has 1 aromatic carbocycles. The SMILES string of the molecule is C=C/C(Cl)=C\C1=C(N)CC(C)(C)C(=O)N1C1CCN(C(=O)C(=C)/C(F)=C\C(=C/N)c2ccccc2OC[C@H](C)C(=O)O)CC1. The number of nitrogens with zero attached hydrogens (tertiary/aromatic N) is 2. The van der Waals surface area contributed by atoms with E-state index >= 15 is 4.39 Å². The fraction of sp³-hybridized carbons (Fsp3) is 0.364. The molecule has 0 bridgehead atoms. The predicted molar refractivity (Wildman–Crippen MR) is 169 cm³/mol. The molecule has 1 aromatic rings. The zero-order valence-electron chi connectivity index (χ0n) is 25.3. The molecule has 3 rings (SSSR count). The lowest BCUT2D eigenvalue weighted by atomic mass is 9.81. The van der Waals surface area contributed by atoms with Gasteiger partial charge in [0, 0.05) is 59.0 Å². The minimum Gasteiger partial charge on any atom is -0.492 e. The maximum Gasteiger partial charge on any atom is 0.309 e. The molecule has 11 heteroatoms. The molecule has 2 heterocycles. The van der Waals surface area contributed by atoms with Gasteiger partial charge in [-0.1, -0.05) is 62.9 Å². The molecule has 0 aromatic heterocycles. The average molecular weight is 627 g/mol. The summed E-state index contributed by atoms with van der Waals surface area (Å²) in [5.74, 6) is -3.00. The van der Waals surface area contributed by atoms with E-state index in [1.807, 2.05) is 13.8 Å². The fourth-order valence-electron chi connectivity index (χ4n) is 5.12. The number of hydrogen-bond donors (Lipinski definition) is 3. The number of allylic oxidation sites excluding steroid dienone is 6. The number of benzene rings is 1. The number of amides is 2. The number of nitrogens with two attached hydrogens (primary N) is 2. The van der Waals surface area contributed by atoms with Gasteiger partial charge >= 0.3 is 5.97 Å². The molecule has 1 saturated heterocycles. The van der Waals surface area contributed by atoms with Crippen molar-refractivity contribution in [2.45, 2.75) is 46.1 Å². The largest absolute Gasteiger partial charge is 0.492 e. The summed E-state index contributed by atoms with van der Waals surface area (Å²) in [4.78, 5) is 41.1. The van der Waals surface area contributed by atoms with Gasteiger partial charge in [0.1, 0.15) is 18.2 Å². The molecule has 2 amide bonds. The topological polar surface area (TPSA) is 139 Å². The first-order chi connectivity index (χ1) is 20.7. The number of carbonyl (C=O) groups excluding carboxylic acids is 2. The fourth-order valence-corrected chi connectivity index (χ4v) is 5.23. The molecule has 2 aliphatic rings. The zero-order valence-corrected chi connectivity index (χ0v) is 26.1. The summed E-state index contributed by atoms with van der Waals surface area (Å²) in [7, 11) is 0. The van der Waals surface area contributed by atoms with Crippen molar-refractivity contribution in [3.05, 3.63) is 95.2 Å². The van der Waals surface area contributed by atoms with Crippen molar-refractivity contribution < 1.29 is 28.6 Å². The van der Waals surface area contributed by atoms with Gasteiger partial charge in [0.05, 0.1) is 17.2 Å². The molecule has 0 unspecified atom stereocenters. The molecule has 2 aliphatic heterocycles. The summed E-state index contributed by atoms with van der Waals surface area (Å²) in [6, 6.07) is 6.42. The van der Waals surface area contributed by atoms with Gasteiger partial charge in [-0.15, -0.1) is 0 Å². The number of likely N-dealkylation sites (tertiary alicyclic amines) is 1. The zero-order chi connectivity index (χ0) is 32.8. The van der Waals surface area contributed by atoms with Crippen molar-refractivity contribution in [1.82, 2.24) is 9.80 Å². The maximum atomic E-state index is 15.4. The Morgan fingerprint density at radius 2 is 1.91 bits per heavy atom. The van der Waals surface area contributed by atoms with Crippen LogP contribution >= 0.6 is 11.6 Å². The highest BCUT2D eigenvalue weighted by atomic mass is 35.5. The lowest BCUT2D eigenvalue weighted by Crippen LogP contribution is -2.54. The highest BCUT2D eigenvalue weighted by Crippen LogP contribution is 2.39. The van der Waals surface area contributed by atoms with Crippen LogP contribution in [0.25, 0.3) is 5.57 Å². The second-order valence-corrected chi connectivity index (χ2v) is 12.0. The minimum atomic E-state index is -1.01. The van der Waals surface area contributed by atoms with Crippen LogP contribution in [0.4, 0.5) is 4.39 Å². The third-order valence-corrected chi connectivity index (χ3v) is 7.99. The number of aliphatic carboxylic acids is 1. The van der Waals surface area contributed by atoms with E-state index in [0.29, 0.717) is 47.0 Å². The summed E-state index contributed by atoms with van der Waals surface area (Å²) >= 11 is 6.22. The van der Waals surface area contributed by atoms with Gasteiger partial charge in [0.15, 0.2) is 0 Å². The van der Waals surface area contributed by atoms with Crippen molar-refractivity contribution >= 4 is 35.0 Å². The molecule has 0 aliphatic carbocycles. The Hall–Kier alpha value is -4.31. The number of hydrogen-bond acceptors (Lipinski definition) is 6. The van der Waals surface area contributed by atoms with Gasteiger partial charge in [-0.2, -0.15) is 0 Å². The van der Waals surface area contributed by atoms with E-state index in [4.69, 9.17) is 32.9 Å². The van der Waals surface area contributed by atoms with E-state index < -0.39 is 29.0 Å². The first-order valence-corrected chi connectivity index (χ1v) is 14.6. The number of carbonyl (C=O) groups is 3. The second kappa shape index (κ2) is 14.4. The van der Waals surface area contributed by atoms with Gasteiger partial charge in [-0.3, -0.25) is 14.4 Å². The van der Waals surface area contributed by atoms with Crippen molar-refractivity contribution in [2.24, 2.45) is 22.8 Å². The smallest absolute Gasteiger partial charge is 0.309 e. The highest BCUT2D eigenvalue weighted by Gasteiger charge is 2.43. The van der Waals surface area contributed by atoms with Crippen molar-refractivity contribution in [2.75, 3.05) is 19.7 Å². The van der Waals surface area contributed by atoms with E-state index in [-0.39, 0.29) is 42.8 Å². The minimum absolute atomic E-state index is 0.0857. The van der Waals surface area contributed by atoms with Crippen LogP contribution in [0.5, 0.6) is 5.75 Å². The Balaban J connectivity index is 1.74. The van der Waals surface area contributed by atoms with E-state index in [1.165, 1.54) is 24.1 Å². The number of ether oxygens (including phenoxy) is 1. The van der Waals surface area contributed by atoms with Gasteiger partial charge in [-0.25, -0.2) is 4.39 Å². The summed E-state index contributed by atoms with van der Waals surface area (Å²) < 4.78 is 21.1. The third kappa shape index (κ3) is 7.79. The normalized spacial score (nSPS) is 19.1. The molecule has 0 saturated carbocycles. The molecular formula is C33H40ClFN4O5. The molecule has 1 atom stereocenters. The monoisotopic (exact) mass is 626 g/mol. The quantitative estimate of drug-likeness (QED) is 0.226. The first kappa shape index (κ1) is 34.2. The van der Waals surface area contributed by atoms with Crippen LogP contribution in [0.3, 0.4) is 0 Å². The lowest BCUT2D eigenvalue weighted by molar-refractivity contribution is -0.143. The molecule has 5 N–H and O–H groups in total. The number of rotatable bonds is 11. The van der Waals surface area contributed by atoms with E-state index in [2.05, 4.69) is 13.2 Å². The van der Waals surface area contributed by atoms with Crippen LogP contribution in [0.1, 0.15) is 45.6 Å². The van der Waals surface area contributed by atoms with Crippen LogP contribution in [-0.4, -0.2) is 58.4 Å². The summed E-state index contributed by atoms with van der Waals surface area (Å²) in [5, 5.41) is 9.50. The lowest BCUT2D eigenvalue weighted by Gasteiger charge is -2.45. The standard InChI is InChI=1S/C33H40ClFN4O5/c1-6-23(34)16-28-27(37)17-33(4,5)32(43)39(28)24-11-13-38(14-12-24)30(40)21(3)26(35)15-22(18-36)25-9-7-8-10-29(25)44-19-20(2)31(41)42/h6-10,15-16,18,20,24H,1,3,11-14,17,19,36-37H2,2,4-5H3,(H,41,42)/b22-18+,23-16+,26-15+/t20-/m0/s1. The van der Waals surface area contributed by atoms with E-state index in [0.717, 1.165) is 6.08 Å². The Morgan fingerprint density at radius 3 is 2.50 bits per heavy atom. The number of piperidine rings is 1. The van der Waals surface area contributed by atoms with Crippen LogP contribution in [0.15, 0.2) is 89.7 Å². The molecule has 9 nitrogen and oxygen atoms in total. The van der Waals surface area contributed by atoms with E-state index in [1.54, 1.807) is 35.2 Å². The van der Waals surface area contributed by atoms with Gasteiger partial charge in [0.2, 0.25) is 5.91 Å². The second-order valence-electron chi connectivity index (χ2n) is 11.5. The summed E-state index contributed by atoms with van der Waals surface area (Å²) in [6.45, 7) is 13.0. The number of carboxylic acids is 1. The number of carboxylic acid groups (broad SMARTS) is 1. The van der Waals surface area contributed by atoms with Crippen molar-refractivity contribution in [3.63, 3.8) is 0 Å². The van der Waals surface area contributed by atoms with E-state index in [9.17, 15) is 14.4 Å². The Bertz CT molecular complexity index is 1450. The van der Waals surface area contributed by atoms with Crippen molar-refractivity contribution in [1.29, 1.82) is 0 Å². The Kier molecular flexibility index (Phi) is 11.2. The Morgan fingerprint density at radius 1 is 1.27 bits per heavy atom. The maximum absolute atomic E-state index is 15.4. The Labute approximate surface area is 262 Å². The van der Waals surface area contributed by atoms with Crippen molar-refractivity contribution in [3.8, 4) is 5.75 Å². The molecule has 1 fully saturated rings. The van der Waals surface area contributed by atoms with Crippen LogP contribution in [0.2, 0.25) is 0 Å². The summed E-state index contributed by atoms with van der Waals surface area (Å²) in [5.41, 5.74) is 12.9. The number of halogens is 2. The van der Waals surface area contributed by atoms with Crippen LogP contribution in [0, 0.1) is 11.3 Å². The molecule has 0 spiro atoms. The average Bonchev–Trinajstić information content (AvgIpc) is 3.00. The van der Waals surface area contributed by atoms with Gasteiger partial charge in [0.25, 0.3) is 5.91 Å². The van der Waals surface area contributed by atoms with Gasteiger partial charge in [-0.05, 0) is 38.0 Å². The van der Waals surface area contributed by atoms with Crippen LogP contribution in [-0.2, 0) is 14.4 Å². The first-order valence-electron chi connectivity index (χ1n) is 14.3. The predicted octanol–water partition coefficient (Wildman–Crippen LogP) is 5.22. The summed E-state index contributed by atoms with van der Waals surface area (Å²) in [6.07, 6.45) is 6.64. The molecular weight excluding hydrogens is 587 g/mol. The van der Waals surface area contributed by atoms with Crippen LogP contribution < -0.4 is 16.2 Å². The molecule has 0 radical (unpaired) electrons. The molecule has 236 valence electrons. The highest BCUT2D eigenvalue weighted by molar-refractivity contribution is 6.31. The molecule has 44 heavy (non-hydrogen) atoms.